The van der Waals surface area contributed by atoms with E-state index in [2.05, 4.69) is 19.9 Å². The van der Waals surface area contributed by atoms with Crippen LogP contribution in [0.4, 0.5) is 26.3 Å². The molecule has 53 heavy (non-hydrogen) atoms. The standard InChI is InChI=1S/C17H13ClF3N3O2S.C17H13ClF3N3OS/c1-27(25,26)16-22-14(8-15(23-16)17(19,20)21)12-5-6-24(10-12)9-11-3-2-4-13(18)7-11;1-26(25)16-22-14(8-15(23-16)17(19,20)21)12-5-6-24(10-12)9-11-3-2-4-13(18)7-11/h2-8,10H,9H2,1H3;2-8,10H,9H2,1H3. The van der Waals surface area contributed by atoms with Crippen LogP contribution in [-0.4, -0.2) is 54.2 Å². The zero-order chi connectivity index (χ0) is 38.7. The van der Waals surface area contributed by atoms with E-state index in [1.807, 2.05) is 24.3 Å². The fraction of sp³-hybridized carbons (Fsp3) is 0.176. The average Bonchev–Trinajstić information content (AvgIpc) is 3.74. The van der Waals surface area contributed by atoms with Crippen LogP contribution < -0.4 is 0 Å². The molecule has 19 heteroatoms. The van der Waals surface area contributed by atoms with Gasteiger partial charge < -0.3 is 9.13 Å². The second kappa shape index (κ2) is 15.8. The van der Waals surface area contributed by atoms with E-state index in [9.17, 15) is 39.0 Å². The molecule has 1 unspecified atom stereocenters. The summed E-state index contributed by atoms with van der Waals surface area (Å²) in [5.41, 5.74) is 0.200. The number of sulfone groups is 1. The molecule has 0 bridgehead atoms. The number of alkyl halides is 6. The second-order valence-electron chi connectivity index (χ2n) is 11.5. The maximum absolute atomic E-state index is 13.1. The van der Waals surface area contributed by atoms with E-state index in [4.69, 9.17) is 23.2 Å². The van der Waals surface area contributed by atoms with Gasteiger partial charge >= 0.3 is 12.4 Å². The van der Waals surface area contributed by atoms with Crippen LogP contribution in [0.1, 0.15) is 22.5 Å². The lowest BCUT2D eigenvalue weighted by atomic mass is 10.2. The lowest BCUT2D eigenvalue weighted by molar-refractivity contribution is -0.142. The van der Waals surface area contributed by atoms with E-state index >= 15 is 0 Å². The molecule has 9 nitrogen and oxygen atoms in total. The van der Waals surface area contributed by atoms with E-state index < -0.39 is 49.5 Å². The van der Waals surface area contributed by atoms with Gasteiger partial charge in [-0.1, -0.05) is 47.5 Å². The van der Waals surface area contributed by atoms with Gasteiger partial charge in [-0.15, -0.1) is 0 Å². The van der Waals surface area contributed by atoms with Crippen LogP contribution in [0, 0.1) is 0 Å². The molecule has 0 fully saturated rings. The molecule has 0 saturated heterocycles. The van der Waals surface area contributed by atoms with E-state index in [0.29, 0.717) is 34.3 Å². The molecule has 4 aromatic heterocycles. The van der Waals surface area contributed by atoms with Gasteiger partial charge in [0.05, 0.1) is 22.2 Å². The van der Waals surface area contributed by atoms with Crippen LogP contribution >= 0.6 is 23.2 Å². The van der Waals surface area contributed by atoms with Crippen molar-refractivity contribution in [1.82, 2.24) is 29.1 Å². The van der Waals surface area contributed by atoms with Gasteiger partial charge in [-0.3, -0.25) is 4.21 Å². The Morgan fingerprint density at radius 1 is 0.679 bits per heavy atom. The fourth-order valence-corrected chi connectivity index (χ4v) is 6.21. The number of nitrogens with zero attached hydrogens (tertiary/aromatic N) is 6. The molecular formula is C34H26Cl2F6N6O3S2. The minimum atomic E-state index is -4.79. The summed E-state index contributed by atoms with van der Waals surface area (Å²) < 4.78 is 117. The maximum atomic E-state index is 13.1. The fourth-order valence-electron chi connectivity index (χ4n) is 4.80. The van der Waals surface area contributed by atoms with Crippen LogP contribution in [0.3, 0.4) is 0 Å². The highest BCUT2D eigenvalue weighted by atomic mass is 35.5. The highest BCUT2D eigenvalue weighted by Crippen LogP contribution is 2.32. The van der Waals surface area contributed by atoms with Crippen molar-refractivity contribution in [2.75, 3.05) is 12.5 Å². The normalized spacial score (nSPS) is 12.6. The highest BCUT2D eigenvalue weighted by molar-refractivity contribution is 7.90. The van der Waals surface area contributed by atoms with Crippen molar-refractivity contribution in [1.29, 1.82) is 0 Å². The quantitative estimate of drug-likeness (QED) is 0.112. The number of hydrogen-bond donors (Lipinski definition) is 0. The summed E-state index contributed by atoms with van der Waals surface area (Å²) in [5, 5.41) is -0.0359. The minimum absolute atomic E-state index is 0.0716. The number of rotatable bonds is 8. The van der Waals surface area contributed by atoms with Crippen LogP contribution in [0.2, 0.25) is 10.0 Å². The first kappa shape index (κ1) is 39.6. The summed E-state index contributed by atoms with van der Waals surface area (Å²) in [5.74, 6) is 0. The number of halogens is 8. The molecule has 4 heterocycles. The summed E-state index contributed by atoms with van der Waals surface area (Å²) in [7, 11) is -5.74. The van der Waals surface area contributed by atoms with Gasteiger partial charge in [0, 0.05) is 71.6 Å². The van der Waals surface area contributed by atoms with Gasteiger partial charge in [0.1, 0.15) is 11.4 Å². The van der Waals surface area contributed by atoms with Crippen molar-refractivity contribution in [3.05, 3.63) is 130 Å². The summed E-state index contributed by atoms with van der Waals surface area (Å²) in [6, 6.07) is 19.2. The van der Waals surface area contributed by atoms with Gasteiger partial charge in [0.15, 0.2) is 0 Å². The van der Waals surface area contributed by atoms with Crippen molar-refractivity contribution < 1.29 is 39.0 Å². The Kier molecular flexibility index (Phi) is 11.8. The Bertz CT molecular complexity index is 2400. The smallest absolute Gasteiger partial charge is 0.349 e. The van der Waals surface area contributed by atoms with Gasteiger partial charge in [-0.25, -0.2) is 28.4 Å². The SMILES string of the molecule is CS(=O)(=O)c1nc(-c2ccn(Cc3cccc(Cl)c3)c2)cc(C(F)(F)F)n1.CS(=O)c1nc(-c2ccn(Cc3cccc(Cl)c3)c2)cc(C(F)(F)F)n1. The van der Waals surface area contributed by atoms with Crippen molar-refractivity contribution in [2.45, 2.75) is 35.8 Å². The van der Waals surface area contributed by atoms with E-state index in [1.165, 1.54) is 6.26 Å². The molecule has 0 aliphatic carbocycles. The third-order valence-electron chi connectivity index (χ3n) is 7.18. The van der Waals surface area contributed by atoms with Crippen LogP contribution in [0.5, 0.6) is 0 Å². The summed E-state index contributed by atoms with van der Waals surface area (Å²) in [6.07, 6.45) is -0.795. The van der Waals surface area contributed by atoms with Crippen molar-refractivity contribution in [3.8, 4) is 22.5 Å². The molecule has 0 radical (unpaired) electrons. The molecule has 0 amide bonds. The topological polar surface area (TPSA) is 113 Å². The largest absolute Gasteiger partial charge is 0.433 e. The zero-order valence-electron chi connectivity index (χ0n) is 27.4. The molecule has 278 valence electrons. The Morgan fingerprint density at radius 2 is 1.13 bits per heavy atom. The number of benzene rings is 2. The monoisotopic (exact) mass is 814 g/mol. The van der Waals surface area contributed by atoms with Crippen LogP contribution in [-0.2, 0) is 46.1 Å². The van der Waals surface area contributed by atoms with Gasteiger partial charge in [-0.05, 0) is 59.7 Å². The Labute approximate surface area is 311 Å². The average molecular weight is 816 g/mol. The van der Waals surface area contributed by atoms with Gasteiger partial charge in [0.2, 0.25) is 20.2 Å². The molecule has 0 aliphatic heterocycles. The highest BCUT2D eigenvalue weighted by Gasteiger charge is 2.35. The molecule has 2 aromatic carbocycles. The Hall–Kier alpha value is -4.58. The van der Waals surface area contributed by atoms with E-state index in [1.54, 1.807) is 70.3 Å². The molecule has 0 saturated carbocycles. The first-order valence-electron chi connectivity index (χ1n) is 15.0. The lowest BCUT2D eigenvalue weighted by Gasteiger charge is -2.09. The van der Waals surface area contributed by atoms with Gasteiger partial charge in [0.25, 0.3) is 0 Å². The Morgan fingerprint density at radius 3 is 1.55 bits per heavy atom. The molecular weight excluding hydrogens is 789 g/mol. The minimum Gasteiger partial charge on any atom is -0.349 e. The molecule has 0 aliphatic rings. The number of aromatic nitrogens is 6. The van der Waals surface area contributed by atoms with Crippen LogP contribution in [0.25, 0.3) is 22.5 Å². The number of hydrogen-bond acceptors (Lipinski definition) is 7. The second-order valence-corrected chi connectivity index (χ2v) is 15.5. The maximum Gasteiger partial charge on any atom is 0.433 e. The Balaban J connectivity index is 0.000000204. The first-order chi connectivity index (χ1) is 24.7. The van der Waals surface area contributed by atoms with Crippen molar-refractivity contribution in [2.24, 2.45) is 0 Å². The third-order valence-corrected chi connectivity index (χ3v) is 9.19. The third kappa shape index (κ3) is 10.7. The molecule has 0 N–H and O–H groups in total. The van der Waals surface area contributed by atoms with Crippen molar-refractivity contribution in [3.63, 3.8) is 0 Å². The summed E-state index contributed by atoms with van der Waals surface area (Å²) >= 11 is 11.9. The first-order valence-corrected chi connectivity index (χ1v) is 19.2. The van der Waals surface area contributed by atoms with E-state index in [-0.39, 0.29) is 16.5 Å². The van der Waals surface area contributed by atoms with Crippen molar-refractivity contribution >= 4 is 43.8 Å². The van der Waals surface area contributed by atoms with Gasteiger partial charge in [-0.2, -0.15) is 26.3 Å². The predicted molar refractivity (Wildman–Crippen MR) is 187 cm³/mol. The molecule has 1 atom stereocenters. The molecule has 6 aromatic rings. The predicted octanol–water partition coefficient (Wildman–Crippen LogP) is 8.47. The lowest BCUT2D eigenvalue weighted by Crippen LogP contribution is -2.14. The summed E-state index contributed by atoms with van der Waals surface area (Å²) in [4.78, 5) is 14.3. The molecule has 0 spiro atoms. The van der Waals surface area contributed by atoms with E-state index in [0.717, 1.165) is 29.5 Å². The summed E-state index contributed by atoms with van der Waals surface area (Å²) in [6.45, 7) is 0.945. The zero-order valence-corrected chi connectivity index (χ0v) is 30.5. The van der Waals surface area contributed by atoms with Crippen LogP contribution in [0.15, 0.2) is 108 Å². The molecule has 6 rings (SSSR count).